The average Bonchev–Trinajstić information content (AvgIpc) is 2.62. The number of rotatable bonds is 3. The number of amides is 2. The Kier molecular flexibility index (Phi) is 3.52. The summed E-state index contributed by atoms with van der Waals surface area (Å²) in [5, 5.41) is 13.2. The third-order valence-corrected chi connectivity index (χ3v) is 3.79. The van der Waals surface area contributed by atoms with Crippen LogP contribution in [0.3, 0.4) is 0 Å². The van der Waals surface area contributed by atoms with Gasteiger partial charge in [0.05, 0.1) is 24.0 Å². The minimum atomic E-state index is -0.918. The van der Waals surface area contributed by atoms with Crippen molar-refractivity contribution in [1.29, 1.82) is 0 Å². The molecule has 1 aliphatic heterocycles. The van der Waals surface area contributed by atoms with Gasteiger partial charge >= 0.3 is 0 Å². The standard InChI is InChI=1S/C11H9BrN2O5/c1-19-5-2-3-6(7(4-5)14(17)18)8-9(12)11(16)13-10(8)15/h2-4,8-9H,1H3,(H,13,15,16). The number of benzene rings is 1. The lowest BCUT2D eigenvalue weighted by molar-refractivity contribution is -0.385. The molecule has 19 heavy (non-hydrogen) atoms. The zero-order chi connectivity index (χ0) is 14.2. The Bertz CT molecular complexity index is 574. The van der Waals surface area contributed by atoms with Gasteiger partial charge in [0.25, 0.3) is 5.69 Å². The molecule has 2 rings (SSSR count). The summed E-state index contributed by atoms with van der Waals surface area (Å²) in [7, 11) is 1.39. The van der Waals surface area contributed by atoms with Gasteiger partial charge in [-0.25, -0.2) is 0 Å². The summed E-state index contributed by atoms with van der Waals surface area (Å²) < 4.78 is 4.91. The summed E-state index contributed by atoms with van der Waals surface area (Å²) in [6, 6.07) is 4.16. The quantitative estimate of drug-likeness (QED) is 0.388. The number of methoxy groups -OCH3 is 1. The molecule has 1 aromatic rings. The molecule has 1 aliphatic rings. The maximum Gasteiger partial charge on any atom is 0.277 e. The molecule has 0 saturated carbocycles. The fraction of sp³-hybridized carbons (Fsp3) is 0.273. The second-order valence-electron chi connectivity index (χ2n) is 3.91. The van der Waals surface area contributed by atoms with Crippen LogP contribution < -0.4 is 10.1 Å². The zero-order valence-corrected chi connectivity index (χ0v) is 11.3. The molecule has 100 valence electrons. The lowest BCUT2D eigenvalue weighted by atomic mass is 9.95. The van der Waals surface area contributed by atoms with Gasteiger partial charge < -0.3 is 4.74 Å². The van der Waals surface area contributed by atoms with Crippen LogP contribution in [-0.4, -0.2) is 28.7 Å². The van der Waals surface area contributed by atoms with Gasteiger partial charge in [0.1, 0.15) is 10.6 Å². The van der Waals surface area contributed by atoms with Crippen molar-refractivity contribution >= 4 is 33.4 Å². The van der Waals surface area contributed by atoms with Gasteiger partial charge in [-0.2, -0.15) is 0 Å². The van der Waals surface area contributed by atoms with Crippen molar-refractivity contribution < 1.29 is 19.2 Å². The molecule has 1 heterocycles. The van der Waals surface area contributed by atoms with E-state index in [1.807, 2.05) is 0 Å². The Morgan fingerprint density at radius 2 is 2.05 bits per heavy atom. The van der Waals surface area contributed by atoms with Crippen LogP contribution in [0.15, 0.2) is 18.2 Å². The predicted octanol–water partition coefficient (Wildman–Crippen LogP) is 1.11. The normalized spacial score (nSPS) is 22.2. The molecule has 1 saturated heterocycles. The smallest absolute Gasteiger partial charge is 0.277 e. The summed E-state index contributed by atoms with van der Waals surface area (Å²) in [5.41, 5.74) is -0.0744. The van der Waals surface area contributed by atoms with E-state index in [2.05, 4.69) is 21.2 Å². The second kappa shape index (κ2) is 4.96. The highest BCUT2D eigenvalue weighted by Gasteiger charge is 2.43. The predicted molar refractivity (Wildman–Crippen MR) is 68.3 cm³/mol. The summed E-state index contributed by atoms with van der Waals surface area (Å²) in [5.74, 6) is -1.66. The number of nitrogens with zero attached hydrogens (tertiary/aromatic N) is 1. The number of hydrogen-bond acceptors (Lipinski definition) is 5. The van der Waals surface area contributed by atoms with Crippen LogP contribution in [-0.2, 0) is 9.59 Å². The van der Waals surface area contributed by atoms with Gasteiger partial charge in [0.2, 0.25) is 11.8 Å². The first-order chi connectivity index (χ1) is 8.95. The molecule has 0 aliphatic carbocycles. The van der Waals surface area contributed by atoms with Crippen molar-refractivity contribution in [3.8, 4) is 5.75 Å². The van der Waals surface area contributed by atoms with Crippen LogP contribution in [0.5, 0.6) is 5.75 Å². The summed E-state index contributed by atoms with van der Waals surface area (Å²) in [4.78, 5) is 32.8. The first-order valence-corrected chi connectivity index (χ1v) is 6.18. The Morgan fingerprint density at radius 3 is 2.53 bits per heavy atom. The van der Waals surface area contributed by atoms with E-state index in [4.69, 9.17) is 4.74 Å². The van der Waals surface area contributed by atoms with Crippen LogP contribution in [0, 0.1) is 10.1 Å². The number of nitro benzene ring substituents is 1. The molecule has 2 atom stereocenters. The highest BCUT2D eigenvalue weighted by Crippen LogP contribution is 2.37. The van der Waals surface area contributed by atoms with Crippen LogP contribution >= 0.6 is 15.9 Å². The first-order valence-electron chi connectivity index (χ1n) is 5.26. The molecule has 2 unspecified atom stereocenters. The van der Waals surface area contributed by atoms with Crippen molar-refractivity contribution in [2.75, 3.05) is 7.11 Å². The van der Waals surface area contributed by atoms with E-state index in [-0.39, 0.29) is 11.3 Å². The van der Waals surface area contributed by atoms with Crippen molar-refractivity contribution in [1.82, 2.24) is 5.32 Å². The molecule has 8 heteroatoms. The number of halogens is 1. The Hall–Kier alpha value is -1.96. The van der Waals surface area contributed by atoms with Crippen LogP contribution in [0.2, 0.25) is 0 Å². The van der Waals surface area contributed by atoms with E-state index in [0.29, 0.717) is 5.75 Å². The first kappa shape index (κ1) is 13.5. The van der Waals surface area contributed by atoms with E-state index in [0.717, 1.165) is 0 Å². The Balaban J connectivity index is 2.53. The molecule has 1 fully saturated rings. The summed E-state index contributed by atoms with van der Waals surface area (Å²) in [6.07, 6.45) is 0. The zero-order valence-electron chi connectivity index (χ0n) is 9.75. The maximum absolute atomic E-state index is 11.7. The number of alkyl halides is 1. The number of nitro groups is 1. The van der Waals surface area contributed by atoms with Gasteiger partial charge in [-0.1, -0.05) is 15.9 Å². The van der Waals surface area contributed by atoms with Gasteiger partial charge in [-0.3, -0.25) is 25.0 Å². The van der Waals surface area contributed by atoms with Gasteiger partial charge in [0.15, 0.2) is 0 Å². The fourth-order valence-electron chi connectivity index (χ4n) is 1.92. The molecule has 1 N–H and O–H groups in total. The number of ether oxygens (including phenoxy) is 1. The monoisotopic (exact) mass is 328 g/mol. The van der Waals surface area contributed by atoms with Crippen LogP contribution in [0.25, 0.3) is 0 Å². The highest BCUT2D eigenvalue weighted by molar-refractivity contribution is 9.10. The largest absolute Gasteiger partial charge is 0.497 e. The molecule has 0 bridgehead atoms. The third-order valence-electron chi connectivity index (χ3n) is 2.84. The van der Waals surface area contributed by atoms with E-state index >= 15 is 0 Å². The molecule has 7 nitrogen and oxygen atoms in total. The number of hydrogen-bond donors (Lipinski definition) is 1. The number of carbonyl (C=O) groups is 2. The lowest BCUT2D eigenvalue weighted by Gasteiger charge is -2.11. The number of imide groups is 1. The van der Waals surface area contributed by atoms with E-state index in [1.54, 1.807) is 0 Å². The lowest BCUT2D eigenvalue weighted by Crippen LogP contribution is -2.22. The van der Waals surface area contributed by atoms with Crippen LogP contribution in [0.4, 0.5) is 5.69 Å². The van der Waals surface area contributed by atoms with Crippen molar-refractivity contribution in [2.45, 2.75) is 10.7 Å². The van der Waals surface area contributed by atoms with Gasteiger partial charge in [0, 0.05) is 5.56 Å². The van der Waals surface area contributed by atoms with Crippen molar-refractivity contribution in [3.63, 3.8) is 0 Å². The molecular weight excluding hydrogens is 320 g/mol. The fourth-order valence-corrected chi connectivity index (χ4v) is 2.56. The molecule has 0 radical (unpaired) electrons. The number of carbonyl (C=O) groups excluding carboxylic acids is 2. The van der Waals surface area contributed by atoms with E-state index < -0.39 is 27.5 Å². The van der Waals surface area contributed by atoms with E-state index in [9.17, 15) is 19.7 Å². The summed E-state index contributed by atoms with van der Waals surface area (Å²) in [6.45, 7) is 0. The second-order valence-corrected chi connectivity index (χ2v) is 4.90. The third kappa shape index (κ3) is 2.30. The molecular formula is C11H9BrN2O5. The average molecular weight is 329 g/mol. The Morgan fingerprint density at radius 1 is 1.37 bits per heavy atom. The highest BCUT2D eigenvalue weighted by atomic mass is 79.9. The summed E-state index contributed by atoms with van der Waals surface area (Å²) >= 11 is 3.08. The van der Waals surface area contributed by atoms with Crippen molar-refractivity contribution in [2.24, 2.45) is 0 Å². The molecule has 1 aromatic carbocycles. The minimum absolute atomic E-state index is 0.177. The van der Waals surface area contributed by atoms with Gasteiger partial charge in [-0.15, -0.1) is 0 Å². The van der Waals surface area contributed by atoms with Crippen LogP contribution in [0.1, 0.15) is 11.5 Å². The molecule has 0 aromatic heterocycles. The maximum atomic E-state index is 11.7. The van der Waals surface area contributed by atoms with E-state index in [1.165, 1.54) is 25.3 Å². The molecule has 2 amide bonds. The number of nitrogens with one attached hydrogen (secondary N) is 1. The minimum Gasteiger partial charge on any atom is -0.497 e. The molecule has 0 spiro atoms. The topological polar surface area (TPSA) is 98.5 Å². The van der Waals surface area contributed by atoms with Crippen molar-refractivity contribution in [3.05, 3.63) is 33.9 Å². The Labute approximate surface area is 116 Å². The SMILES string of the molecule is COc1ccc(C2C(=O)NC(=O)C2Br)c([N+](=O)[O-])c1. The van der Waals surface area contributed by atoms with Gasteiger partial charge in [-0.05, 0) is 12.1 Å².